The maximum absolute atomic E-state index is 12.6. The van der Waals surface area contributed by atoms with Crippen molar-refractivity contribution in [2.75, 3.05) is 5.32 Å². The molecule has 136 valence electrons. The molecule has 0 saturated carbocycles. The topological polar surface area (TPSA) is 64.7 Å². The van der Waals surface area contributed by atoms with Gasteiger partial charge < -0.3 is 5.32 Å². The van der Waals surface area contributed by atoms with Crippen LogP contribution in [0.5, 0.6) is 0 Å². The van der Waals surface area contributed by atoms with Crippen LogP contribution in [0.15, 0.2) is 30.5 Å². The van der Waals surface area contributed by atoms with Crippen LogP contribution in [0.1, 0.15) is 39.9 Å². The van der Waals surface area contributed by atoms with E-state index in [0.29, 0.717) is 23.8 Å². The molecule has 0 saturated heterocycles. The molecule has 26 heavy (non-hydrogen) atoms. The number of hydrogen-bond donors (Lipinski definition) is 1. The van der Waals surface area contributed by atoms with Crippen LogP contribution in [0.2, 0.25) is 5.02 Å². The minimum absolute atomic E-state index is 0.221. The van der Waals surface area contributed by atoms with Crippen molar-refractivity contribution in [2.45, 2.75) is 40.8 Å². The largest absolute Gasteiger partial charge is 0.317 e. The van der Waals surface area contributed by atoms with Crippen molar-refractivity contribution in [3.05, 3.63) is 63.7 Å². The molecule has 0 unspecified atom stereocenters. The average molecular weight is 372 g/mol. The van der Waals surface area contributed by atoms with Gasteiger partial charge in [-0.25, -0.2) is 0 Å². The fraction of sp³-hybridized carbons (Fsp3) is 0.316. The Labute approximate surface area is 157 Å². The monoisotopic (exact) mass is 371 g/mol. The molecule has 0 bridgehead atoms. The van der Waals surface area contributed by atoms with Gasteiger partial charge in [0.2, 0.25) is 0 Å². The summed E-state index contributed by atoms with van der Waals surface area (Å²) in [6.45, 7) is 9.12. The lowest BCUT2D eigenvalue weighted by atomic mass is 10.1. The summed E-state index contributed by atoms with van der Waals surface area (Å²) in [6.07, 6.45) is 1.65. The first-order valence-electron chi connectivity index (χ1n) is 8.53. The van der Waals surface area contributed by atoms with Crippen LogP contribution in [0.4, 0.5) is 5.69 Å². The molecule has 0 fully saturated rings. The molecule has 0 aliphatic heterocycles. The van der Waals surface area contributed by atoms with Crippen LogP contribution < -0.4 is 5.32 Å². The third kappa shape index (κ3) is 3.65. The SMILES string of the molecule is CCn1cc(Cl)c(C(=O)Nc2c(C)nn(Cc3ccc(C)cc3)c2C)n1. The Bertz CT molecular complexity index is 940. The highest BCUT2D eigenvalue weighted by Crippen LogP contribution is 2.23. The van der Waals surface area contributed by atoms with E-state index in [9.17, 15) is 4.79 Å². The number of anilines is 1. The summed E-state index contributed by atoms with van der Waals surface area (Å²) in [5.74, 6) is -0.330. The minimum Gasteiger partial charge on any atom is -0.317 e. The van der Waals surface area contributed by atoms with E-state index in [1.165, 1.54) is 5.56 Å². The van der Waals surface area contributed by atoms with Crippen molar-refractivity contribution in [1.82, 2.24) is 19.6 Å². The van der Waals surface area contributed by atoms with Gasteiger partial charge in [-0.1, -0.05) is 41.4 Å². The molecular weight excluding hydrogens is 350 g/mol. The molecule has 1 aromatic carbocycles. The van der Waals surface area contributed by atoms with Gasteiger partial charge in [-0.2, -0.15) is 10.2 Å². The summed E-state index contributed by atoms with van der Waals surface area (Å²) in [5, 5.41) is 12.0. The van der Waals surface area contributed by atoms with Gasteiger partial charge in [0.25, 0.3) is 5.91 Å². The zero-order valence-corrected chi connectivity index (χ0v) is 16.1. The van der Waals surface area contributed by atoms with Crippen molar-refractivity contribution < 1.29 is 4.79 Å². The van der Waals surface area contributed by atoms with Gasteiger partial charge in [-0.05, 0) is 33.3 Å². The number of benzene rings is 1. The van der Waals surface area contributed by atoms with Gasteiger partial charge in [-0.15, -0.1) is 0 Å². The summed E-state index contributed by atoms with van der Waals surface area (Å²) in [6, 6.07) is 8.33. The van der Waals surface area contributed by atoms with Crippen molar-refractivity contribution in [2.24, 2.45) is 0 Å². The van der Waals surface area contributed by atoms with Gasteiger partial charge in [-0.3, -0.25) is 14.2 Å². The average Bonchev–Trinajstić information content (AvgIpc) is 3.12. The number of carbonyl (C=O) groups is 1. The van der Waals surface area contributed by atoms with Gasteiger partial charge in [0, 0.05) is 12.7 Å². The number of nitrogens with zero attached hydrogens (tertiary/aromatic N) is 4. The van der Waals surface area contributed by atoms with Gasteiger partial charge in [0.15, 0.2) is 5.69 Å². The standard InChI is InChI=1S/C19H22ClN5O/c1-5-24-11-16(20)18(23-24)19(26)21-17-13(3)22-25(14(17)4)10-15-8-6-12(2)7-9-15/h6-9,11H,5,10H2,1-4H3,(H,21,26). The number of rotatable bonds is 5. The Balaban J connectivity index is 1.82. The highest BCUT2D eigenvalue weighted by Gasteiger charge is 2.19. The molecule has 2 aromatic heterocycles. The number of aryl methyl sites for hydroxylation is 3. The molecule has 3 aromatic rings. The number of nitrogens with one attached hydrogen (secondary N) is 1. The van der Waals surface area contributed by atoms with Gasteiger partial charge in [0.1, 0.15) is 0 Å². The van der Waals surface area contributed by atoms with Crippen LogP contribution in [0.25, 0.3) is 0 Å². The molecule has 0 spiro atoms. The molecular formula is C19H22ClN5O. The number of halogens is 1. The Hall–Kier alpha value is -2.60. The molecule has 6 nitrogen and oxygen atoms in total. The van der Waals surface area contributed by atoms with Crippen molar-refractivity contribution in [3.8, 4) is 0 Å². The Morgan fingerprint density at radius 2 is 1.85 bits per heavy atom. The highest BCUT2D eigenvalue weighted by atomic mass is 35.5. The van der Waals surface area contributed by atoms with Crippen LogP contribution in [-0.4, -0.2) is 25.5 Å². The molecule has 0 aliphatic rings. The predicted octanol–water partition coefficient (Wildman–Crippen LogP) is 3.98. The van der Waals surface area contributed by atoms with E-state index >= 15 is 0 Å². The molecule has 1 amide bonds. The molecule has 0 aliphatic carbocycles. The normalized spacial score (nSPS) is 11.0. The second-order valence-corrected chi connectivity index (χ2v) is 6.73. The van der Waals surface area contributed by atoms with Crippen molar-refractivity contribution in [1.29, 1.82) is 0 Å². The number of carbonyl (C=O) groups excluding carboxylic acids is 1. The number of hydrogen-bond acceptors (Lipinski definition) is 3. The number of aromatic nitrogens is 4. The fourth-order valence-corrected chi connectivity index (χ4v) is 3.02. The van der Waals surface area contributed by atoms with Crippen LogP contribution in [0, 0.1) is 20.8 Å². The van der Waals surface area contributed by atoms with E-state index in [0.717, 1.165) is 17.0 Å². The maximum Gasteiger partial charge on any atom is 0.277 e. The molecule has 0 radical (unpaired) electrons. The van der Waals surface area contributed by atoms with E-state index in [2.05, 4.69) is 46.7 Å². The van der Waals surface area contributed by atoms with Crippen molar-refractivity contribution in [3.63, 3.8) is 0 Å². The van der Waals surface area contributed by atoms with E-state index in [1.54, 1.807) is 10.9 Å². The molecule has 2 heterocycles. The second-order valence-electron chi connectivity index (χ2n) is 6.32. The van der Waals surface area contributed by atoms with E-state index in [1.807, 2.05) is 25.5 Å². The smallest absolute Gasteiger partial charge is 0.277 e. The lowest BCUT2D eigenvalue weighted by Crippen LogP contribution is -2.15. The summed E-state index contributed by atoms with van der Waals surface area (Å²) in [4.78, 5) is 12.6. The van der Waals surface area contributed by atoms with Crippen LogP contribution in [-0.2, 0) is 13.1 Å². The first kappa shape index (κ1) is 18.2. The maximum atomic E-state index is 12.6. The fourth-order valence-electron chi connectivity index (χ4n) is 2.78. The summed E-state index contributed by atoms with van der Waals surface area (Å²) >= 11 is 6.12. The van der Waals surface area contributed by atoms with E-state index < -0.39 is 0 Å². The molecule has 1 N–H and O–H groups in total. The molecule has 3 rings (SSSR count). The zero-order chi connectivity index (χ0) is 18.8. The molecule has 7 heteroatoms. The Morgan fingerprint density at radius 3 is 2.46 bits per heavy atom. The lowest BCUT2D eigenvalue weighted by Gasteiger charge is -2.07. The zero-order valence-electron chi connectivity index (χ0n) is 15.4. The predicted molar refractivity (Wildman–Crippen MR) is 103 cm³/mol. The minimum atomic E-state index is -0.330. The third-order valence-corrected chi connectivity index (χ3v) is 4.61. The number of amides is 1. The van der Waals surface area contributed by atoms with E-state index in [4.69, 9.17) is 11.6 Å². The second kappa shape index (κ2) is 7.33. The Kier molecular flexibility index (Phi) is 5.13. The summed E-state index contributed by atoms with van der Waals surface area (Å²) in [5.41, 5.74) is 4.95. The Morgan fingerprint density at radius 1 is 1.15 bits per heavy atom. The summed E-state index contributed by atoms with van der Waals surface area (Å²) < 4.78 is 3.53. The van der Waals surface area contributed by atoms with Crippen LogP contribution in [0.3, 0.4) is 0 Å². The summed E-state index contributed by atoms with van der Waals surface area (Å²) in [7, 11) is 0. The first-order chi connectivity index (χ1) is 12.4. The van der Waals surface area contributed by atoms with Gasteiger partial charge >= 0.3 is 0 Å². The molecule has 0 atom stereocenters. The third-order valence-electron chi connectivity index (χ3n) is 4.33. The van der Waals surface area contributed by atoms with Crippen LogP contribution >= 0.6 is 11.6 Å². The van der Waals surface area contributed by atoms with Gasteiger partial charge in [0.05, 0.1) is 28.6 Å². The quantitative estimate of drug-likeness (QED) is 0.737. The van der Waals surface area contributed by atoms with Crippen molar-refractivity contribution >= 4 is 23.2 Å². The lowest BCUT2D eigenvalue weighted by molar-refractivity contribution is 0.102. The first-order valence-corrected chi connectivity index (χ1v) is 8.90. The van der Waals surface area contributed by atoms with E-state index in [-0.39, 0.29) is 11.6 Å². The highest BCUT2D eigenvalue weighted by molar-refractivity contribution is 6.34.